The van der Waals surface area contributed by atoms with Gasteiger partial charge in [0.25, 0.3) is 0 Å². The summed E-state index contributed by atoms with van der Waals surface area (Å²) in [7, 11) is 0. The van der Waals surface area contributed by atoms with Crippen molar-refractivity contribution in [3.05, 3.63) is 34.4 Å². The Morgan fingerprint density at radius 1 is 1.27 bits per heavy atom. The number of aliphatic imine (C=N–C) groups is 1. The standard InChI is InChI=1S/C14H13F3N2O3/c1-8-3-4-10(5-19-13(22)14(15,16)17)9(2)12(8)11(21)6-18-7-20/h3-4H,5-6H2,1-2H3,(H,19,22). The average Bonchev–Trinajstić information content (AvgIpc) is 2.43. The summed E-state index contributed by atoms with van der Waals surface area (Å²) in [5.41, 5.74) is 1.70. The summed E-state index contributed by atoms with van der Waals surface area (Å²) in [6.07, 6.45) is -3.71. The number of Topliss-reactive ketones (excluding diaryl/α,β-unsaturated/α-hetero) is 1. The van der Waals surface area contributed by atoms with Crippen molar-refractivity contribution in [2.45, 2.75) is 26.6 Å². The number of carbonyl (C=O) groups is 2. The van der Waals surface area contributed by atoms with Gasteiger partial charge in [0, 0.05) is 12.1 Å². The highest BCUT2D eigenvalue weighted by atomic mass is 19.4. The molecule has 0 aliphatic rings. The highest BCUT2D eigenvalue weighted by Gasteiger charge is 2.38. The third-order valence-corrected chi connectivity index (χ3v) is 3.05. The van der Waals surface area contributed by atoms with E-state index in [0.717, 1.165) is 0 Å². The van der Waals surface area contributed by atoms with Crippen molar-refractivity contribution >= 4 is 17.8 Å². The van der Waals surface area contributed by atoms with Crippen LogP contribution in [0.5, 0.6) is 0 Å². The SMILES string of the molecule is Cc1ccc(CNC(=O)C(F)(F)F)c(C)c1C(=O)CN=C=O. The topological polar surface area (TPSA) is 75.6 Å². The second-order valence-electron chi connectivity index (χ2n) is 4.55. The molecule has 1 N–H and O–H groups in total. The maximum Gasteiger partial charge on any atom is 0.471 e. The first-order valence-corrected chi connectivity index (χ1v) is 6.19. The number of halogens is 3. The Bertz CT molecular complexity index is 647. The summed E-state index contributed by atoms with van der Waals surface area (Å²) in [5, 5.41) is 1.75. The van der Waals surface area contributed by atoms with Gasteiger partial charge in [-0.05, 0) is 30.5 Å². The van der Waals surface area contributed by atoms with Gasteiger partial charge in [0.05, 0.1) is 0 Å². The molecular formula is C14H13F3N2O3. The lowest BCUT2D eigenvalue weighted by molar-refractivity contribution is -0.173. The summed E-state index contributed by atoms with van der Waals surface area (Å²) in [6, 6.07) is 3.08. The molecule has 22 heavy (non-hydrogen) atoms. The van der Waals surface area contributed by atoms with E-state index in [1.165, 1.54) is 12.1 Å². The van der Waals surface area contributed by atoms with Crippen molar-refractivity contribution in [3.63, 3.8) is 0 Å². The van der Waals surface area contributed by atoms with Crippen LogP contribution in [0.15, 0.2) is 17.1 Å². The van der Waals surface area contributed by atoms with Gasteiger partial charge in [-0.25, -0.2) is 4.79 Å². The smallest absolute Gasteiger partial charge is 0.344 e. The summed E-state index contributed by atoms with van der Waals surface area (Å²) < 4.78 is 36.4. The molecule has 0 spiro atoms. The second kappa shape index (κ2) is 7.00. The number of hydrogen-bond acceptors (Lipinski definition) is 4. The first-order valence-electron chi connectivity index (χ1n) is 6.19. The average molecular weight is 314 g/mol. The molecule has 1 amide bonds. The number of hydrogen-bond donors (Lipinski definition) is 1. The lowest BCUT2D eigenvalue weighted by Gasteiger charge is -2.14. The molecule has 0 fully saturated rings. The number of benzene rings is 1. The van der Waals surface area contributed by atoms with E-state index in [1.54, 1.807) is 25.2 Å². The number of rotatable bonds is 5. The lowest BCUT2D eigenvalue weighted by atomic mass is 9.94. The first-order chi connectivity index (χ1) is 10.2. The molecule has 0 aliphatic heterocycles. The Balaban J connectivity index is 3.02. The Labute approximate surface area is 124 Å². The van der Waals surface area contributed by atoms with E-state index in [9.17, 15) is 27.6 Å². The van der Waals surface area contributed by atoms with Gasteiger partial charge in [0.2, 0.25) is 6.08 Å². The van der Waals surface area contributed by atoms with Gasteiger partial charge in [-0.2, -0.15) is 18.2 Å². The van der Waals surface area contributed by atoms with Gasteiger partial charge < -0.3 is 5.32 Å². The number of amides is 1. The van der Waals surface area contributed by atoms with Crippen molar-refractivity contribution in [3.8, 4) is 0 Å². The van der Waals surface area contributed by atoms with Gasteiger partial charge in [0.1, 0.15) is 6.54 Å². The minimum atomic E-state index is -4.96. The minimum absolute atomic E-state index is 0.276. The van der Waals surface area contributed by atoms with E-state index in [4.69, 9.17) is 0 Å². The van der Waals surface area contributed by atoms with Gasteiger partial charge in [-0.1, -0.05) is 12.1 Å². The largest absolute Gasteiger partial charge is 0.471 e. The molecule has 0 unspecified atom stereocenters. The van der Waals surface area contributed by atoms with Crippen LogP contribution in [0.3, 0.4) is 0 Å². The van der Waals surface area contributed by atoms with Crippen LogP contribution in [0.25, 0.3) is 0 Å². The van der Waals surface area contributed by atoms with Crippen LogP contribution in [-0.4, -0.2) is 30.5 Å². The number of aryl methyl sites for hydroxylation is 1. The summed E-state index contributed by atoms with van der Waals surface area (Å²) >= 11 is 0. The fourth-order valence-corrected chi connectivity index (χ4v) is 1.97. The monoisotopic (exact) mass is 314 g/mol. The number of carbonyl (C=O) groups excluding carboxylic acids is 3. The van der Waals surface area contributed by atoms with Crippen LogP contribution in [0.4, 0.5) is 13.2 Å². The fraction of sp³-hybridized carbons (Fsp3) is 0.357. The molecule has 1 rings (SSSR count). The molecule has 0 bridgehead atoms. The number of alkyl halides is 3. The Kier molecular flexibility index (Phi) is 5.59. The summed E-state index contributed by atoms with van der Waals surface area (Å²) in [6.45, 7) is 2.47. The number of isocyanates is 1. The van der Waals surface area contributed by atoms with E-state index in [1.807, 2.05) is 0 Å². The quantitative estimate of drug-likeness (QED) is 0.513. The van der Waals surface area contributed by atoms with Crippen molar-refractivity contribution in [2.75, 3.05) is 6.54 Å². The molecule has 1 aromatic rings. The maximum absolute atomic E-state index is 12.1. The maximum atomic E-state index is 12.1. The zero-order valence-corrected chi connectivity index (χ0v) is 11.9. The molecule has 0 saturated heterocycles. The van der Waals surface area contributed by atoms with Crippen molar-refractivity contribution < 1.29 is 27.6 Å². The molecule has 118 valence electrons. The zero-order chi connectivity index (χ0) is 16.9. The molecule has 0 heterocycles. The lowest BCUT2D eigenvalue weighted by Crippen LogP contribution is -2.36. The highest BCUT2D eigenvalue weighted by molar-refractivity contribution is 6.00. The Morgan fingerprint density at radius 2 is 1.91 bits per heavy atom. The molecular weight excluding hydrogens is 301 g/mol. The number of nitrogens with one attached hydrogen (secondary N) is 1. The Hall–Kier alpha value is -2.47. The van der Waals surface area contributed by atoms with Crippen LogP contribution >= 0.6 is 0 Å². The van der Waals surface area contributed by atoms with Crippen LogP contribution in [-0.2, 0) is 16.1 Å². The summed E-state index contributed by atoms with van der Waals surface area (Å²) in [4.78, 5) is 36.0. The fourth-order valence-electron chi connectivity index (χ4n) is 1.97. The molecule has 0 aromatic heterocycles. The van der Waals surface area contributed by atoms with E-state index < -0.39 is 17.9 Å². The van der Waals surface area contributed by atoms with E-state index >= 15 is 0 Å². The van der Waals surface area contributed by atoms with Crippen molar-refractivity contribution in [1.82, 2.24) is 5.32 Å². The van der Waals surface area contributed by atoms with Gasteiger partial charge >= 0.3 is 12.1 Å². The van der Waals surface area contributed by atoms with Gasteiger partial charge in [-0.15, -0.1) is 0 Å². The van der Waals surface area contributed by atoms with Crippen LogP contribution < -0.4 is 5.32 Å². The van der Waals surface area contributed by atoms with Crippen molar-refractivity contribution in [2.24, 2.45) is 4.99 Å². The predicted octanol–water partition coefficient (Wildman–Crippen LogP) is 2.00. The van der Waals surface area contributed by atoms with Crippen LogP contribution in [0, 0.1) is 13.8 Å². The predicted molar refractivity (Wildman–Crippen MR) is 71.1 cm³/mol. The van der Waals surface area contributed by atoms with E-state index in [-0.39, 0.29) is 18.7 Å². The van der Waals surface area contributed by atoms with Crippen LogP contribution in [0.2, 0.25) is 0 Å². The van der Waals surface area contributed by atoms with Gasteiger partial charge in [0.15, 0.2) is 5.78 Å². The molecule has 0 atom stereocenters. The van der Waals surface area contributed by atoms with Crippen LogP contribution in [0.1, 0.15) is 27.0 Å². The van der Waals surface area contributed by atoms with E-state index in [2.05, 4.69) is 4.99 Å². The summed E-state index contributed by atoms with van der Waals surface area (Å²) in [5.74, 6) is -2.49. The molecule has 8 heteroatoms. The third kappa shape index (κ3) is 4.26. The molecule has 0 radical (unpaired) electrons. The molecule has 1 aromatic carbocycles. The second-order valence-corrected chi connectivity index (χ2v) is 4.55. The van der Waals surface area contributed by atoms with Gasteiger partial charge in [-0.3, -0.25) is 9.59 Å². The molecule has 5 nitrogen and oxygen atoms in total. The highest BCUT2D eigenvalue weighted by Crippen LogP contribution is 2.20. The third-order valence-electron chi connectivity index (χ3n) is 3.05. The van der Waals surface area contributed by atoms with E-state index in [0.29, 0.717) is 16.7 Å². The van der Waals surface area contributed by atoms with Crippen molar-refractivity contribution in [1.29, 1.82) is 0 Å². The normalized spacial score (nSPS) is 10.8. The minimum Gasteiger partial charge on any atom is -0.344 e. The number of nitrogens with zero attached hydrogens (tertiary/aromatic N) is 1. The zero-order valence-electron chi connectivity index (χ0n) is 11.9. The molecule has 0 aliphatic carbocycles. The Morgan fingerprint density at radius 3 is 2.45 bits per heavy atom. The number of ketones is 1. The molecule has 0 saturated carbocycles. The first kappa shape index (κ1) is 17.6.